The molecule has 0 saturated heterocycles. The summed E-state index contributed by atoms with van der Waals surface area (Å²) in [4.78, 5) is 0. The summed E-state index contributed by atoms with van der Waals surface area (Å²) in [5, 5.41) is 0. The van der Waals surface area contributed by atoms with Gasteiger partial charge in [-0.2, -0.15) is 0 Å². The molecule has 0 amide bonds. The van der Waals surface area contributed by atoms with Crippen LogP contribution in [-0.2, 0) is 6.42 Å². The van der Waals surface area contributed by atoms with Gasteiger partial charge < -0.3 is 4.42 Å². The second-order valence-corrected chi connectivity index (χ2v) is 5.36. The molecule has 0 aliphatic rings. The molecule has 0 bridgehead atoms. The third kappa shape index (κ3) is 2.78. The summed E-state index contributed by atoms with van der Waals surface area (Å²) in [6.45, 7) is 4.37. The standard InChI is InChI=1S/C20H20O/c1-3-16-14-19(15(2)17-10-6-4-7-11-17)21-20(16)18-12-8-5-9-13-18/h4-15H,3H2,1-2H3. The van der Waals surface area contributed by atoms with E-state index in [1.165, 1.54) is 11.1 Å². The zero-order chi connectivity index (χ0) is 14.7. The number of hydrogen-bond donors (Lipinski definition) is 0. The highest BCUT2D eigenvalue weighted by Crippen LogP contribution is 2.33. The van der Waals surface area contributed by atoms with Crippen molar-refractivity contribution in [3.8, 4) is 11.3 Å². The van der Waals surface area contributed by atoms with Crippen LogP contribution in [0.15, 0.2) is 71.1 Å². The van der Waals surface area contributed by atoms with Crippen LogP contribution in [0.4, 0.5) is 0 Å². The Morgan fingerprint density at radius 2 is 1.52 bits per heavy atom. The fourth-order valence-corrected chi connectivity index (χ4v) is 2.67. The van der Waals surface area contributed by atoms with Gasteiger partial charge in [0.25, 0.3) is 0 Å². The van der Waals surface area contributed by atoms with Crippen LogP contribution < -0.4 is 0 Å². The molecule has 2 aromatic carbocycles. The van der Waals surface area contributed by atoms with Crippen LogP contribution in [0.1, 0.15) is 36.7 Å². The van der Waals surface area contributed by atoms with Gasteiger partial charge >= 0.3 is 0 Å². The molecule has 3 rings (SSSR count). The van der Waals surface area contributed by atoms with Crippen LogP contribution in [-0.4, -0.2) is 0 Å². The molecule has 0 spiro atoms. The average molecular weight is 276 g/mol. The van der Waals surface area contributed by atoms with Crippen molar-refractivity contribution in [3.05, 3.63) is 83.6 Å². The molecule has 106 valence electrons. The lowest BCUT2D eigenvalue weighted by Crippen LogP contribution is -1.93. The SMILES string of the molecule is CCc1cc(C(C)c2ccccc2)oc1-c1ccccc1. The number of rotatable bonds is 4. The van der Waals surface area contributed by atoms with E-state index in [2.05, 4.69) is 68.4 Å². The summed E-state index contributed by atoms with van der Waals surface area (Å²) in [7, 11) is 0. The van der Waals surface area contributed by atoms with E-state index in [-0.39, 0.29) is 5.92 Å². The average Bonchev–Trinajstić information content (AvgIpc) is 3.00. The van der Waals surface area contributed by atoms with E-state index >= 15 is 0 Å². The van der Waals surface area contributed by atoms with Crippen molar-refractivity contribution in [1.82, 2.24) is 0 Å². The first-order valence-electron chi connectivity index (χ1n) is 7.52. The van der Waals surface area contributed by atoms with E-state index in [1.807, 2.05) is 12.1 Å². The number of furan rings is 1. The molecule has 0 radical (unpaired) electrons. The van der Waals surface area contributed by atoms with Crippen molar-refractivity contribution in [1.29, 1.82) is 0 Å². The summed E-state index contributed by atoms with van der Waals surface area (Å²) < 4.78 is 6.21. The molecule has 3 aromatic rings. The monoisotopic (exact) mass is 276 g/mol. The van der Waals surface area contributed by atoms with Crippen molar-refractivity contribution in [3.63, 3.8) is 0 Å². The lowest BCUT2D eigenvalue weighted by atomic mass is 9.98. The molecule has 1 unspecified atom stereocenters. The maximum absolute atomic E-state index is 6.21. The number of aryl methyl sites for hydroxylation is 1. The van der Waals surface area contributed by atoms with Gasteiger partial charge in [-0.05, 0) is 23.6 Å². The summed E-state index contributed by atoms with van der Waals surface area (Å²) >= 11 is 0. The van der Waals surface area contributed by atoms with Gasteiger partial charge in [0, 0.05) is 11.5 Å². The largest absolute Gasteiger partial charge is 0.460 e. The molecule has 0 fully saturated rings. The van der Waals surface area contributed by atoms with Gasteiger partial charge in [-0.25, -0.2) is 0 Å². The van der Waals surface area contributed by atoms with E-state index in [0.717, 1.165) is 23.5 Å². The van der Waals surface area contributed by atoms with Gasteiger partial charge in [-0.3, -0.25) is 0 Å². The van der Waals surface area contributed by atoms with Crippen LogP contribution in [0, 0.1) is 0 Å². The van der Waals surface area contributed by atoms with E-state index in [1.54, 1.807) is 0 Å². The van der Waals surface area contributed by atoms with Gasteiger partial charge in [0.1, 0.15) is 11.5 Å². The Bertz CT molecular complexity index is 695. The Hall–Kier alpha value is -2.28. The van der Waals surface area contributed by atoms with Crippen molar-refractivity contribution in [2.75, 3.05) is 0 Å². The first-order chi connectivity index (χ1) is 10.3. The molecule has 1 atom stereocenters. The van der Waals surface area contributed by atoms with E-state index in [9.17, 15) is 0 Å². The molecule has 1 heteroatoms. The van der Waals surface area contributed by atoms with Crippen LogP contribution in [0.3, 0.4) is 0 Å². The fourth-order valence-electron chi connectivity index (χ4n) is 2.67. The third-order valence-electron chi connectivity index (χ3n) is 3.97. The summed E-state index contributed by atoms with van der Waals surface area (Å²) in [5.74, 6) is 2.32. The lowest BCUT2D eigenvalue weighted by molar-refractivity contribution is 0.507. The summed E-state index contributed by atoms with van der Waals surface area (Å²) in [6, 6.07) is 23.1. The quantitative estimate of drug-likeness (QED) is 0.599. The molecule has 21 heavy (non-hydrogen) atoms. The molecule has 0 aliphatic carbocycles. The molecular formula is C20H20O. The summed E-state index contributed by atoms with van der Waals surface area (Å²) in [5.41, 5.74) is 3.72. The van der Waals surface area contributed by atoms with Crippen molar-refractivity contribution >= 4 is 0 Å². The van der Waals surface area contributed by atoms with E-state index in [4.69, 9.17) is 4.42 Å². The first-order valence-corrected chi connectivity index (χ1v) is 7.52. The zero-order valence-corrected chi connectivity index (χ0v) is 12.5. The second-order valence-electron chi connectivity index (χ2n) is 5.36. The number of hydrogen-bond acceptors (Lipinski definition) is 1. The van der Waals surface area contributed by atoms with Gasteiger partial charge in [-0.1, -0.05) is 74.5 Å². The smallest absolute Gasteiger partial charge is 0.137 e. The van der Waals surface area contributed by atoms with Crippen LogP contribution in [0.25, 0.3) is 11.3 Å². The van der Waals surface area contributed by atoms with E-state index < -0.39 is 0 Å². The Morgan fingerprint density at radius 3 is 2.14 bits per heavy atom. The molecule has 0 aliphatic heterocycles. The van der Waals surface area contributed by atoms with Crippen molar-refractivity contribution in [2.24, 2.45) is 0 Å². The zero-order valence-electron chi connectivity index (χ0n) is 12.5. The van der Waals surface area contributed by atoms with Crippen LogP contribution >= 0.6 is 0 Å². The minimum atomic E-state index is 0.272. The van der Waals surface area contributed by atoms with Gasteiger partial charge in [0.15, 0.2) is 0 Å². The highest BCUT2D eigenvalue weighted by atomic mass is 16.3. The minimum absolute atomic E-state index is 0.272. The lowest BCUT2D eigenvalue weighted by Gasteiger charge is -2.08. The van der Waals surface area contributed by atoms with Crippen molar-refractivity contribution in [2.45, 2.75) is 26.2 Å². The Kier molecular flexibility index (Phi) is 3.92. The predicted molar refractivity (Wildman–Crippen MR) is 87.5 cm³/mol. The molecule has 1 nitrogen and oxygen atoms in total. The highest BCUT2D eigenvalue weighted by Gasteiger charge is 2.17. The maximum atomic E-state index is 6.21. The van der Waals surface area contributed by atoms with Gasteiger partial charge in [0.05, 0.1) is 0 Å². The summed E-state index contributed by atoms with van der Waals surface area (Å²) in [6.07, 6.45) is 0.981. The van der Waals surface area contributed by atoms with E-state index in [0.29, 0.717) is 0 Å². The van der Waals surface area contributed by atoms with Crippen molar-refractivity contribution < 1.29 is 4.42 Å². The molecule has 0 N–H and O–H groups in total. The third-order valence-corrected chi connectivity index (χ3v) is 3.97. The Balaban J connectivity index is 2.00. The maximum Gasteiger partial charge on any atom is 0.137 e. The Morgan fingerprint density at radius 1 is 0.905 bits per heavy atom. The first kappa shape index (κ1) is 13.7. The highest BCUT2D eigenvalue weighted by molar-refractivity contribution is 5.62. The van der Waals surface area contributed by atoms with Crippen LogP contribution in [0.2, 0.25) is 0 Å². The van der Waals surface area contributed by atoms with Gasteiger partial charge in [0.2, 0.25) is 0 Å². The topological polar surface area (TPSA) is 13.1 Å². The van der Waals surface area contributed by atoms with Crippen LogP contribution in [0.5, 0.6) is 0 Å². The van der Waals surface area contributed by atoms with Gasteiger partial charge in [-0.15, -0.1) is 0 Å². The Labute approximate surface area is 126 Å². The molecule has 0 saturated carbocycles. The molecule has 1 heterocycles. The fraction of sp³-hybridized carbons (Fsp3) is 0.200. The minimum Gasteiger partial charge on any atom is -0.460 e. The normalized spacial score (nSPS) is 12.3. The molecular weight excluding hydrogens is 256 g/mol. The molecule has 1 aromatic heterocycles. The predicted octanol–water partition coefficient (Wildman–Crippen LogP) is 5.66. The second kappa shape index (κ2) is 6.01. The number of benzene rings is 2.